The summed E-state index contributed by atoms with van der Waals surface area (Å²) in [7, 11) is 0. The van der Waals surface area contributed by atoms with E-state index in [0.717, 1.165) is 26.2 Å². The lowest BCUT2D eigenvalue weighted by Crippen LogP contribution is -2.47. The molecule has 1 saturated heterocycles. The van der Waals surface area contributed by atoms with E-state index in [-0.39, 0.29) is 11.3 Å². The number of benzene rings is 1. The first kappa shape index (κ1) is 15.5. The molecule has 112 valence electrons. The average molecular weight is 296 g/mol. The number of piperazine rings is 1. The third kappa shape index (κ3) is 4.04. The Morgan fingerprint density at radius 1 is 1.10 bits per heavy atom. The zero-order valence-corrected chi connectivity index (χ0v) is 13.3. The van der Waals surface area contributed by atoms with E-state index in [9.17, 15) is 4.21 Å². The van der Waals surface area contributed by atoms with E-state index in [4.69, 9.17) is 4.55 Å². The van der Waals surface area contributed by atoms with Crippen molar-refractivity contribution in [3.05, 3.63) is 29.8 Å². The van der Waals surface area contributed by atoms with Crippen molar-refractivity contribution in [2.24, 2.45) is 0 Å². The zero-order chi connectivity index (χ0) is 14.8. The van der Waals surface area contributed by atoms with Crippen LogP contribution in [0.4, 0.5) is 5.69 Å². The van der Waals surface area contributed by atoms with Gasteiger partial charge < -0.3 is 9.45 Å². The second kappa shape index (κ2) is 6.24. The molecule has 0 radical (unpaired) electrons. The summed E-state index contributed by atoms with van der Waals surface area (Å²) in [6, 6.07) is 8.76. The molecule has 0 saturated carbocycles. The van der Waals surface area contributed by atoms with Gasteiger partial charge in [-0.15, -0.1) is 0 Å². The molecule has 0 spiro atoms. The molecule has 1 heterocycles. The second-order valence-electron chi connectivity index (χ2n) is 6.35. The second-order valence-corrected chi connectivity index (χ2v) is 7.25. The Balaban J connectivity index is 1.95. The molecular formula is C15H24N2O2S. The fourth-order valence-electron chi connectivity index (χ4n) is 2.46. The van der Waals surface area contributed by atoms with Crippen LogP contribution in [0, 0.1) is 0 Å². The predicted molar refractivity (Wildman–Crippen MR) is 84.6 cm³/mol. The van der Waals surface area contributed by atoms with Crippen LogP contribution in [0.5, 0.6) is 0 Å². The molecule has 1 aromatic rings. The summed E-state index contributed by atoms with van der Waals surface area (Å²) < 4.78 is 19.7. The predicted octanol–water partition coefficient (Wildman–Crippen LogP) is 2.29. The molecule has 5 heteroatoms. The molecule has 1 atom stereocenters. The highest BCUT2D eigenvalue weighted by Gasteiger charge is 2.19. The van der Waals surface area contributed by atoms with E-state index < -0.39 is 11.1 Å². The monoisotopic (exact) mass is 296 g/mol. The zero-order valence-electron chi connectivity index (χ0n) is 12.5. The van der Waals surface area contributed by atoms with Crippen LogP contribution in [-0.4, -0.2) is 45.7 Å². The molecule has 1 N–H and O–H groups in total. The maximum absolute atomic E-state index is 10.8. The lowest BCUT2D eigenvalue weighted by molar-refractivity contribution is 0.292. The third-order valence-electron chi connectivity index (χ3n) is 3.76. The minimum absolute atomic E-state index is 0.183. The van der Waals surface area contributed by atoms with Crippen LogP contribution in [0.2, 0.25) is 0 Å². The van der Waals surface area contributed by atoms with Crippen molar-refractivity contribution in [1.82, 2.24) is 4.90 Å². The van der Waals surface area contributed by atoms with E-state index in [0.29, 0.717) is 0 Å². The molecule has 1 aliphatic rings. The molecule has 4 nitrogen and oxygen atoms in total. The maximum atomic E-state index is 10.8. The van der Waals surface area contributed by atoms with Crippen molar-refractivity contribution >= 4 is 16.8 Å². The molecule has 1 aromatic carbocycles. The quantitative estimate of drug-likeness (QED) is 0.869. The molecule has 0 amide bonds. The summed E-state index contributed by atoms with van der Waals surface area (Å²) >= 11 is -1.72. The van der Waals surface area contributed by atoms with Gasteiger partial charge in [0, 0.05) is 31.9 Å². The first-order valence-electron chi connectivity index (χ1n) is 7.01. The molecule has 1 aliphatic heterocycles. The van der Waals surface area contributed by atoms with Crippen molar-refractivity contribution in [2.75, 3.05) is 37.0 Å². The van der Waals surface area contributed by atoms with Crippen molar-refractivity contribution in [2.45, 2.75) is 26.2 Å². The van der Waals surface area contributed by atoms with Gasteiger partial charge in [-0.1, -0.05) is 32.9 Å². The number of anilines is 1. The summed E-state index contributed by atoms with van der Waals surface area (Å²) in [5, 5.41) is 0. The van der Waals surface area contributed by atoms with Crippen LogP contribution in [0.15, 0.2) is 24.3 Å². The Hall–Kier alpha value is -0.910. The fourth-order valence-corrected chi connectivity index (χ4v) is 3.03. The highest BCUT2D eigenvalue weighted by molar-refractivity contribution is 7.79. The fraction of sp³-hybridized carbons (Fsp3) is 0.600. The minimum atomic E-state index is -1.72. The van der Waals surface area contributed by atoms with E-state index in [1.54, 1.807) is 0 Å². The van der Waals surface area contributed by atoms with E-state index in [1.807, 2.05) is 4.90 Å². The number of rotatable bonds is 3. The van der Waals surface area contributed by atoms with Crippen LogP contribution >= 0.6 is 0 Å². The first-order valence-corrected chi connectivity index (χ1v) is 8.29. The summed E-state index contributed by atoms with van der Waals surface area (Å²) in [4.78, 5) is 4.37. The van der Waals surface area contributed by atoms with Gasteiger partial charge in [0.15, 0.2) is 11.1 Å². The summed E-state index contributed by atoms with van der Waals surface area (Å²) in [5.41, 5.74) is 2.76. The van der Waals surface area contributed by atoms with Gasteiger partial charge in [-0.25, -0.2) is 4.21 Å². The third-order valence-corrected chi connectivity index (χ3v) is 4.35. The highest BCUT2D eigenvalue weighted by Crippen LogP contribution is 2.25. The van der Waals surface area contributed by atoms with Gasteiger partial charge in [0.1, 0.15) is 5.88 Å². The lowest BCUT2D eigenvalue weighted by Gasteiger charge is -2.35. The smallest absolute Gasteiger partial charge is 0.167 e. The van der Waals surface area contributed by atoms with Crippen LogP contribution in [-0.2, 0) is 16.5 Å². The molecule has 0 aromatic heterocycles. The van der Waals surface area contributed by atoms with Crippen molar-refractivity contribution < 1.29 is 8.76 Å². The van der Waals surface area contributed by atoms with Crippen LogP contribution in [0.1, 0.15) is 26.3 Å². The number of hydrogen-bond donors (Lipinski definition) is 1. The summed E-state index contributed by atoms with van der Waals surface area (Å²) in [6.45, 7) is 10.2. The molecule has 2 rings (SSSR count). The standard InChI is InChI=1S/C15H24N2O2S/c1-15(2,3)13-4-6-14(7-5-13)17-10-8-16(9-11-17)12-20(18)19/h4-7H,8-12H2,1-3H3,(H,18,19). The van der Waals surface area contributed by atoms with Gasteiger partial charge in [-0.2, -0.15) is 0 Å². The molecule has 1 unspecified atom stereocenters. The maximum Gasteiger partial charge on any atom is 0.167 e. The SMILES string of the molecule is CC(C)(C)c1ccc(N2CCN(CS(=O)O)CC2)cc1. The normalized spacial score (nSPS) is 19.1. The summed E-state index contributed by atoms with van der Waals surface area (Å²) in [5.74, 6) is 0.261. The molecule has 0 aliphatic carbocycles. The Morgan fingerprint density at radius 2 is 1.65 bits per heavy atom. The molecular weight excluding hydrogens is 272 g/mol. The van der Waals surface area contributed by atoms with E-state index in [1.165, 1.54) is 11.3 Å². The van der Waals surface area contributed by atoms with Crippen molar-refractivity contribution in [3.63, 3.8) is 0 Å². The van der Waals surface area contributed by atoms with Gasteiger partial charge in [-0.05, 0) is 23.1 Å². The number of hydrogen-bond acceptors (Lipinski definition) is 3. The van der Waals surface area contributed by atoms with E-state index >= 15 is 0 Å². The Labute approximate surface area is 124 Å². The Bertz CT molecular complexity index is 460. The van der Waals surface area contributed by atoms with Gasteiger partial charge in [0.2, 0.25) is 0 Å². The van der Waals surface area contributed by atoms with Gasteiger partial charge in [0.25, 0.3) is 0 Å². The van der Waals surface area contributed by atoms with Crippen LogP contribution in [0.3, 0.4) is 0 Å². The average Bonchev–Trinajstić information content (AvgIpc) is 2.38. The Morgan fingerprint density at radius 3 is 2.10 bits per heavy atom. The Kier molecular flexibility index (Phi) is 4.83. The largest absolute Gasteiger partial charge is 0.369 e. The molecule has 0 bridgehead atoms. The molecule has 1 fully saturated rings. The highest BCUT2D eigenvalue weighted by atomic mass is 32.2. The van der Waals surface area contributed by atoms with Gasteiger partial charge >= 0.3 is 0 Å². The number of nitrogens with zero attached hydrogens (tertiary/aromatic N) is 2. The van der Waals surface area contributed by atoms with Crippen LogP contribution in [0.25, 0.3) is 0 Å². The van der Waals surface area contributed by atoms with Crippen LogP contribution < -0.4 is 4.90 Å². The summed E-state index contributed by atoms with van der Waals surface area (Å²) in [6.07, 6.45) is 0. The first-order chi connectivity index (χ1) is 9.36. The van der Waals surface area contributed by atoms with Crippen molar-refractivity contribution in [3.8, 4) is 0 Å². The van der Waals surface area contributed by atoms with E-state index in [2.05, 4.69) is 49.9 Å². The lowest BCUT2D eigenvalue weighted by atomic mass is 9.87. The minimum Gasteiger partial charge on any atom is -0.369 e. The topological polar surface area (TPSA) is 43.8 Å². The van der Waals surface area contributed by atoms with Gasteiger partial charge in [0.05, 0.1) is 0 Å². The van der Waals surface area contributed by atoms with Crippen molar-refractivity contribution in [1.29, 1.82) is 0 Å². The molecule has 20 heavy (non-hydrogen) atoms. The van der Waals surface area contributed by atoms with Gasteiger partial charge in [-0.3, -0.25) is 4.90 Å².